The van der Waals surface area contributed by atoms with Crippen LogP contribution in [0.4, 0.5) is 5.00 Å². The number of esters is 1. The zero-order valence-electron chi connectivity index (χ0n) is 18.1. The van der Waals surface area contributed by atoms with Crippen molar-refractivity contribution < 1.29 is 14.3 Å². The van der Waals surface area contributed by atoms with Crippen LogP contribution < -0.4 is 5.32 Å². The van der Waals surface area contributed by atoms with Gasteiger partial charge in [-0.1, -0.05) is 42.1 Å². The Kier molecular flexibility index (Phi) is 6.18. The maximum absolute atomic E-state index is 12.9. The summed E-state index contributed by atoms with van der Waals surface area (Å²) in [6.07, 6.45) is 3.30. The molecule has 5 rings (SSSR count). The van der Waals surface area contributed by atoms with Gasteiger partial charge in [0.05, 0.1) is 12.9 Å². The first-order valence-electron chi connectivity index (χ1n) is 10.5. The van der Waals surface area contributed by atoms with Crippen molar-refractivity contribution in [2.24, 2.45) is 0 Å². The van der Waals surface area contributed by atoms with Crippen molar-refractivity contribution in [1.82, 2.24) is 9.97 Å². The molecule has 1 aliphatic rings. The van der Waals surface area contributed by atoms with Crippen molar-refractivity contribution in [2.75, 3.05) is 18.2 Å². The summed E-state index contributed by atoms with van der Waals surface area (Å²) in [4.78, 5) is 37.0. The molecule has 1 N–H and O–H groups in total. The number of carbonyl (C=O) groups is 2. The van der Waals surface area contributed by atoms with Crippen LogP contribution in [0.5, 0.6) is 0 Å². The van der Waals surface area contributed by atoms with Crippen LogP contribution in [0.3, 0.4) is 0 Å². The Morgan fingerprint density at radius 2 is 2.00 bits per heavy atom. The quantitative estimate of drug-likeness (QED) is 0.209. The third-order valence-electron chi connectivity index (χ3n) is 5.50. The number of ether oxygens (including phenoxy) is 1. The van der Waals surface area contributed by atoms with Crippen LogP contribution in [0.25, 0.3) is 21.3 Å². The molecule has 0 radical (unpaired) electrons. The fraction of sp³-hybridized carbons (Fsp3) is 0.250. The molecule has 0 atom stereocenters. The first-order valence-corrected chi connectivity index (χ1v) is 13.2. The number of nitrogens with one attached hydrogen (secondary N) is 1. The largest absolute Gasteiger partial charge is 0.465 e. The SMILES string of the molecule is COC(=O)c1c(-c2ccccc2)csc1NC(=O)CSc1nc(C)nc2sc3c(c12)CCC3. The van der Waals surface area contributed by atoms with Crippen molar-refractivity contribution in [1.29, 1.82) is 0 Å². The zero-order valence-corrected chi connectivity index (χ0v) is 20.6. The smallest absolute Gasteiger partial charge is 0.341 e. The number of methoxy groups -OCH3 is 1. The molecule has 0 unspecified atom stereocenters. The molecule has 6 nitrogen and oxygen atoms in total. The highest BCUT2D eigenvalue weighted by Gasteiger charge is 2.24. The van der Waals surface area contributed by atoms with Crippen LogP contribution in [-0.4, -0.2) is 34.7 Å². The van der Waals surface area contributed by atoms with Crippen LogP contribution in [0.2, 0.25) is 0 Å². The van der Waals surface area contributed by atoms with Crippen LogP contribution in [-0.2, 0) is 22.4 Å². The van der Waals surface area contributed by atoms with E-state index in [-0.39, 0.29) is 11.7 Å². The number of benzene rings is 1. The minimum absolute atomic E-state index is 0.190. The lowest BCUT2D eigenvalue weighted by Gasteiger charge is -2.08. The fourth-order valence-electron chi connectivity index (χ4n) is 4.05. The number of thiophene rings is 2. The van der Waals surface area contributed by atoms with Crippen molar-refractivity contribution in [2.45, 2.75) is 31.2 Å². The lowest BCUT2D eigenvalue weighted by atomic mass is 10.0. The molecule has 0 saturated carbocycles. The molecular formula is C24H21N3O3S3. The maximum Gasteiger partial charge on any atom is 0.341 e. The van der Waals surface area contributed by atoms with E-state index in [2.05, 4.69) is 15.3 Å². The highest BCUT2D eigenvalue weighted by atomic mass is 32.2. The number of anilines is 1. The molecule has 0 spiro atoms. The van der Waals surface area contributed by atoms with Gasteiger partial charge in [-0.2, -0.15) is 0 Å². The summed E-state index contributed by atoms with van der Waals surface area (Å²) in [6.45, 7) is 1.88. The lowest BCUT2D eigenvalue weighted by Crippen LogP contribution is -2.16. The molecule has 168 valence electrons. The molecular weight excluding hydrogens is 474 g/mol. The summed E-state index contributed by atoms with van der Waals surface area (Å²) >= 11 is 4.48. The summed E-state index contributed by atoms with van der Waals surface area (Å²) in [6, 6.07) is 9.60. The van der Waals surface area contributed by atoms with E-state index in [1.165, 1.54) is 40.6 Å². The van der Waals surface area contributed by atoms with E-state index in [4.69, 9.17) is 4.74 Å². The van der Waals surface area contributed by atoms with Gasteiger partial charge in [-0.3, -0.25) is 4.79 Å². The summed E-state index contributed by atoms with van der Waals surface area (Å²) in [5, 5.41) is 7.24. The first kappa shape index (κ1) is 22.1. The van der Waals surface area contributed by atoms with E-state index in [9.17, 15) is 9.59 Å². The number of carbonyl (C=O) groups excluding carboxylic acids is 2. The van der Waals surface area contributed by atoms with E-state index < -0.39 is 5.97 Å². The van der Waals surface area contributed by atoms with Crippen molar-refractivity contribution in [3.05, 3.63) is 57.5 Å². The van der Waals surface area contributed by atoms with Gasteiger partial charge in [-0.15, -0.1) is 22.7 Å². The molecule has 0 aliphatic heterocycles. The van der Waals surface area contributed by atoms with Gasteiger partial charge in [0.2, 0.25) is 5.91 Å². The molecule has 3 heterocycles. The predicted molar refractivity (Wildman–Crippen MR) is 135 cm³/mol. The topological polar surface area (TPSA) is 81.2 Å². The number of rotatable bonds is 6. The molecule has 1 aromatic carbocycles. The fourth-order valence-corrected chi connectivity index (χ4v) is 7.30. The van der Waals surface area contributed by atoms with Crippen molar-refractivity contribution in [3.8, 4) is 11.1 Å². The van der Waals surface area contributed by atoms with Crippen molar-refractivity contribution >= 4 is 61.5 Å². The number of fused-ring (bicyclic) bond motifs is 3. The van der Waals surface area contributed by atoms with Crippen LogP contribution in [0.1, 0.15) is 33.0 Å². The molecule has 0 saturated heterocycles. The summed E-state index contributed by atoms with van der Waals surface area (Å²) in [5.74, 6) is 0.238. The monoisotopic (exact) mass is 495 g/mol. The third-order valence-corrected chi connectivity index (χ3v) is 8.56. The number of hydrogen-bond donors (Lipinski definition) is 1. The van der Waals surface area contributed by atoms with Crippen molar-refractivity contribution in [3.63, 3.8) is 0 Å². The Hall–Kier alpha value is -2.75. The summed E-state index contributed by atoms with van der Waals surface area (Å²) in [7, 11) is 1.35. The predicted octanol–water partition coefficient (Wildman–Crippen LogP) is 5.73. The number of amides is 1. The average molecular weight is 496 g/mol. The lowest BCUT2D eigenvalue weighted by molar-refractivity contribution is -0.113. The van der Waals surface area contributed by atoms with E-state index in [1.54, 1.807) is 11.3 Å². The van der Waals surface area contributed by atoms with Crippen LogP contribution in [0.15, 0.2) is 40.7 Å². The molecule has 0 fully saturated rings. The van der Waals surface area contributed by atoms with E-state index in [0.29, 0.717) is 16.4 Å². The van der Waals surface area contributed by atoms with Gasteiger partial charge < -0.3 is 10.1 Å². The Labute approximate surface area is 203 Å². The van der Waals surface area contributed by atoms with E-state index >= 15 is 0 Å². The van der Waals surface area contributed by atoms with Crippen LogP contribution >= 0.6 is 34.4 Å². The molecule has 9 heteroatoms. The molecule has 1 aliphatic carbocycles. The normalized spacial score (nSPS) is 12.7. The number of aryl methyl sites for hydroxylation is 3. The van der Waals surface area contributed by atoms with Gasteiger partial charge in [-0.25, -0.2) is 14.8 Å². The second-order valence-corrected chi connectivity index (χ2v) is 10.6. The molecule has 1 amide bonds. The molecule has 4 aromatic rings. The Bertz CT molecular complexity index is 1360. The average Bonchev–Trinajstić information content (AvgIpc) is 3.52. The van der Waals surface area contributed by atoms with Gasteiger partial charge >= 0.3 is 5.97 Å². The number of aromatic nitrogens is 2. The summed E-state index contributed by atoms with van der Waals surface area (Å²) < 4.78 is 5.00. The summed E-state index contributed by atoms with van der Waals surface area (Å²) in [5.41, 5.74) is 3.37. The Balaban J connectivity index is 1.38. The number of nitrogens with zero attached hydrogens (tertiary/aromatic N) is 2. The number of thioether (sulfide) groups is 1. The van der Waals surface area contributed by atoms with Gasteiger partial charge in [0, 0.05) is 21.2 Å². The van der Waals surface area contributed by atoms with Gasteiger partial charge in [-0.05, 0) is 37.3 Å². The second-order valence-electron chi connectivity index (χ2n) is 7.66. The Morgan fingerprint density at radius 1 is 1.18 bits per heavy atom. The van der Waals surface area contributed by atoms with Gasteiger partial charge in [0.1, 0.15) is 26.2 Å². The minimum Gasteiger partial charge on any atom is -0.465 e. The van der Waals surface area contributed by atoms with Crippen LogP contribution in [0, 0.1) is 6.92 Å². The second kappa shape index (κ2) is 9.24. The van der Waals surface area contributed by atoms with Gasteiger partial charge in [0.15, 0.2) is 0 Å². The van der Waals surface area contributed by atoms with E-state index in [0.717, 1.165) is 45.6 Å². The van der Waals surface area contributed by atoms with Gasteiger partial charge in [0.25, 0.3) is 0 Å². The zero-order chi connectivity index (χ0) is 22.9. The highest BCUT2D eigenvalue weighted by molar-refractivity contribution is 8.00. The third kappa shape index (κ3) is 4.28. The molecule has 33 heavy (non-hydrogen) atoms. The first-order chi connectivity index (χ1) is 16.0. The molecule has 3 aromatic heterocycles. The standard InChI is InChI=1S/C24H21N3O3S3/c1-13-25-21(19-15-9-6-10-17(15)33-23(19)26-13)32-12-18(28)27-22-20(24(29)30-2)16(11-31-22)14-7-4-3-5-8-14/h3-5,7-8,11H,6,9-10,12H2,1-2H3,(H,27,28). The number of hydrogen-bond acceptors (Lipinski definition) is 8. The minimum atomic E-state index is -0.472. The van der Waals surface area contributed by atoms with E-state index in [1.807, 2.05) is 42.6 Å². The molecule has 0 bridgehead atoms. The Morgan fingerprint density at radius 3 is 2.79 bits per heavy atom. The maximum atomic E-state index is 12.9. The highest BCUT2D eigenvalue weighted by Crippen LogP contribution is 2.41.